The summed E-state index contributed by atoms with van der Waals surface area (Å²) in [5, 5.41) is 15.1. The molecule has 1 aromatic rings. The molecular weight excluding hydrogens is 252 g/mol. The second kappa shape index (κ2) is 7.00. The maximum Gasteiger partial charge on any atom is 0.322 e. The molecule has 0 saturated carbocycles. The van der Waals surface area contributed by atoms with E-state index in [0.29, 0.717) is 13.0 Å². The van der Waals surface area contributed by atoms with E-state index >= 15 is 0 Å². The number of hydrogen-bond acceptors (Lipinski definition) is 3. The van der Waals surface area contributed by atoms with Gasteiger partial charge in [-0.2, -0.15) is 11.3 Å². The van der Waals surface area contributed by atoms with Crippen molar-refractivity contribution >= 4 is 29.0 Å². The Labute approximate surface area is 110 Å². The molecule has 0 atom stereocenters. The smallest absolute Gasteiger partial charge is 0.322 e. The Morgan fingerprint density at radius 2 is 2.22 bits per heavy atom. The number of hydrogen-bond donors (Lipinski definition) is 2. The molecule has 0 bridgehead atoms. The van der Waals surface area contributed by atoms with Crippen LogP contribution in [0.4, 0.5) is 10.5 Å². The van der Waals surface area contributed by atoms with E-state index in [4.69, 9.17) is 5.11 Å². The molecule has 0 aliphatic heterocycles. The number of rotatable bonds is 6. The highest BCUT2D eigenvalue weighted by molar-refractivity contribution is 7.08. The van der Waals surface area contributed by atoms with Crippen LogP contribution in [0.3, 0.4) is 0 Å². The minimum absolute atomic E-state index is 0.0393. The van der Waals surface area contributed by atoms with Gasteiger partial charge in [-0.25, -0.2) is 4.79 Å². The standard InChI is InChI=1S/C12H18N2O3S/c1-9(2)14(6-3-4-11(15)16)12(17)13-10-5-7-18-8-10/h5,7-9H,3-4,6H2,1-2H3,(H,13,17)(H,15,16). The topological polar surface area (TPSA) is 69.6 Å². The lowest BCUT2D eigenvalue weighted by atomic mass is 10.2. The summed E-state index contributed by atoms with van der Waals surface area (Å²) < 4.78 is 0. The molecule has 2 N–H and O–H groups in total. The number of aliphatic carboxylic acids is 1. The van der Waals surface area contributed by atoms with Crippen LogP contribution in [0.1, 0.15) is 26.7 Å². The lowest BCUT2D eigenvalue weighted by molar-refractivity contribution is -0.137. The molecule has 0 aliphatic rings. The van der Waals surface area contributed by atoms with Crippen LogP contribution >= 0.6 is 11.3 Å². The summed E-state index contributed by atoms with van der Waals surface area (Å²) in [6, 6.07) is 1.68. The number of nitrogens with zero attached hydrogens (tertiary/aromatic N) is 1. The third-order valence-electron chi connectivity index (χ3n) is 2.45. The number of thiophene rings is 1. The highest BCUT2D eigenvalue weighted by atomic mass is 32.1. The Morgan fingerprint density at radius 1 is 1.50 bits per heavy atom. The number of carbonyl (C=O) groups is 2. The molecule has 6 heteroatoms. The minimum Gasteiger partial charge on any atom is -0.481 e. The SMILES string of the molecule is CC(C)N(CCCC(=O)O)C(=O)Nc1ccsc1. The van der Waals surface area contributed by atoms with Crippen molar-refractivity contribution in [2.24, 2.45) is 0 Å². The molecule has 0 saturated heterocycles. The Bertz CT molecular complexity index is 390. The van der Waals surface area contributed by atoms with Crippen molar-refractivity contribution in [3.05, 3.63) is 16.8 Å². The van der Waals surface area contributed by atoms with Gasteiger partial charge in [0, 0.05) is 24.4 Å². The van der Waals surface area contributed by atoms with Crippen LogP contribution in [0.25, 0.3) is 0 Å². The zero-order valence-electron chi connectivity index (χ0n) is 10.5. The van der Waals surface area contributed by atoms with E-state index in [0.717, 1.165) is 5.69 Å². The number of anilines is 1. The van der Waals surface area contributed by atoms with Gasteiger partial charge in [-0.3, -0.25) is 4.79 Å². The zero-order chi connectivity index (χ0) is 13.5. The molecule has 0 fully saturated rings. The van der Waals surface area contributed by atoms with Crippen LogP contribution in [0.15, 0.2) is 16.8 Å². The fourth-order valence-electron chi connectivity index (χ4n) is 1.53. The summed E-state index contributed by atoms with van der Waals surface area (Å²) in [7, 11) is 0. The molecular formula is C12H18N2O3S. The molecule has 1 rings (SSSR count). The van der Waals surface area contributed by atoms with E-state index in [-0.39, 0.29) is 18.5 Å². The highest BCUT2D eigenvalue weighted by Gasteiger charge is 2.17. The molecule has 1 heterocycles. The van der Waals surface area contributed by atoms with E-state index in [1.165, 1.54) is 11.3 Å². The van der Waals surface area contributed by atoms with Gasteiger partial charge in [0.25, 0.3) is 0 Å². The average molecular weight is 270 g/mol. The molecule has 5 nitrogen and oxygen atoms in total. The summed E-state index contributed by atoms with van der Waals surface area (Å²) in [5.41, 5.74) is 0.772. The Balaban J connectivity index is 2.50. The first kappa shape index (κ1) is 14.5. The van der Waals surface area contributed by atoms with Gasteiger partial charge >= 0.3 is 12.0 Å². The Morgan fingerprint density at radius 3 is 2.72 bits per heavy atom. The zero-order valence-corrected chi connectivity index (χ0v) is 11.4. The second-order valence-electron chi connectivity index (χ2n) is 4.23. The normalized spacial score (nSPS) is 10.4. The maximum atomic E-state index is 12.0. The second-order valence-corrected chi connectivity index (χ2v) is 5.01. The first-order chi connectivity index (χ1) is 8.50. The van der Waals surface area contributed by atoms with Gasteiger partial charge in [0.1, 0.15) is 0 Å². The average Bonchev–Trinajstić information content (AvgIpc) is 2.75. The van der Waals surface area contributed by atoms with Gasteiger partial charge in [-0.05, 0) is 31.7 Å². The van der Waals surface area contributed by atoms with E-state index < -0.39 is 5.97 Å². The van der Waals surface area contributed by atoms with Crippen molar-refractivity contribution in [2.45, 2.75) is 32.7 Å². The van der Waals surface area contributed by atoms with E-state index in [1.807, 2.05) is 30.7 Å². The fraction of sp³-hybridized carbons (Fsp3) is 0.500. The van der Waals surface area contributed by atoms with Gasteiger partial charge in [0.05, 0.1) is 5.69 Å². The van der Waals surface area contributed by atoms with Gasteiger partial charge in [0.15, 0.2) is 0 Å². The van der Waals surface area contributed by atoms with E-state index in [1.54, 1.807) is 4.90 Å². The summed E-state index contributed by atoms with van der Waals surface area (Å²) in [4.78, 5) is 24.1. The first-order valence-electron chi connectivity index (χ1n) is 5.82. The van der Waals surface area contributed by atoms with Gasteiger partial charge in [-0.1, -0.05) is 0 Å². The summed E-state index contributed by atoms with van der Waals surface area (Å²) in [5.74, 6) is -0.836. The largest absolute Gasteiger partial charge is 0.481 e. The van der Waals surface area contributed by atoms with Gasteiger partial charge in [-0.15, -0.1) is 0 Å². The van der Waals surface area contributed by atoms with Crippen molar-refractivity contribution in [2.75, 3.05) is 11.9 Å². The summed E-state index contributed by atoms with van der Waals surface area (Å²) >= 11 is 1.51. The van der Waals surface area contributed by atoms with Crippen LogP contribution in [0.5, 0.6) is 0 Å². The third-order valence-corrected chi connectivity index (χ3v) is 3.13. The molecule has 100 valence electrons. The molecule has 18 heavy (non-hydrogen) atoms. The third kappa shape index (κ3) is 4.75. The number of urea groups is 1. The van der Waals surface area contributed by atoms with Crippen molar-refractivity contribution < 1.29 is 14.7 Å². The number of carboxylic acid groups (broad SMARTS) is 1. The van der Waals surface area contributed by atoms with Gasteiger partial charge in [0.2, 0.25) is 0 Å². The van der Waals surface area contributed by atoms with Crippen molar-refractivity contribution in [1.29, 1.82) is 0 Å². The van der Waals surface area contributed by atoms with Crippen LogP contribution < -0.4 is 5.32 Å². The van der Waals surface area contributed by atoms with E-state index in [9.17, 15) is 9.59 Å². The Kier molecular flexibility index (Phi) is 5.64. The number of carboxylic acids is 1. The number of nitrogens with one attached hydrogen (secondary N) is 1. The van der Waals surface area contributed by atoms with Crippen molar-refractivity contribution in [1.82, 2.24) is 4.90 Å². The molecule has 0 aliphatic carbocycles. The predicted octanol–water partition coefficient (Wildman–Crippen LogP) is 2.86. The number of carbonyl (C=O) groups excluding carboxylic acids is 1. The molecule has 1 aromatic heterocycles. The van der Waals surface area contributed by atoms with Crippen LogP contribution in [0, 0.1) is 0 Å². The molecule has 2 amide bonds. The minimum atomic E-state index is -0.836. The summed E-state index contributed by atoms with van der Waals surface area (Å²) in [6.45, 7) is 4.27. The predicted molar refractivity (Wildman–Crippen MR) is 72.0 cm³/mol. The fourth-order valence-corrected chi connectivity index (χ4v) is 2.11. The van der Waals surface area contributed by atoms with Gasteiger partial charge < -0.3 is 15.3 Å². The maximum absolute atomic E-state index is 12.0. The molecule has 0 unspecified atom stereocenters. The number of amides is 2. The van der Waals surface area contributed by atoms with Crippen molar-refractivity contribution in [3.63, 3.8) is 0 Å². The lowest BCUT2D eigenvalue weighted by Crippen LogP contribution is -2.40. The molecule has 0 radical (unpaired) electrons. The monoisotopic (exact) mass is 270 g/mol. The van der Waals surface area contributed by atoms with Crippen LogP contribution in [-0.4, -0.2) is 34.6 Å². The van der Waals surface area contributed by atoms with Crippen molar-refractivity contribution in [3.8, 4) is 0 Å². The quantitative estimate of drug-likeness (QED) is 0.835. The van der Waals surface area contributed by atoms with E-state index in [2.05, 4.69) is 5.32 Å². The lowest BCUT2D eigenvalue weighted by Gasteiger charge is -2.26. The van der Waals surface area contributed by atoms with Crippen LogP contribution in [0.2, 0.25) is 0 Å². The highest BCUT2D eigenvalue weighted by Crippen LogP contribution is 2.13. The first-order valence-corrected chi connectivity index (χ1v) is 6.76. The molecule has 0 aromatic carbocycles. The summed E-state index contributed by atoms with van der Waals surface area (Å²) in [6.07, 6.45) is 0.541. The molecule has 0 spiro atoms. The Hall–Kier alpha value is -1.56. The van der Waals surface area contributed by atoms with Crippen LogP contribution in [-0.2, 0) is 4.79 Å².